The van der Waals surface area contributed by atoms with E-state index in [1.54, 1.807) is 7.11 Å². The van der Waals surface area contributed by atoms with Crippen LogP contribution in [0.4, 0.5) is 0 Å². The number of morpholine rings is 1. The van der Waals surface area contributed by atoms with Crippen molar-refractivity contribution in [3.05, 3.63) is 28.8 Å². The second-order valence-electron chi connectivity index (χ2n) is 6.53. The number of guanidine groups is 1. The summed E-state index contributed by atoms with van der Waals surface area (Å²) in [6.45, 7) is 6.59. The molecular weight excluding hydrogens is 481 g/mol. The maximum atomic E-state index is 6.05. The van der Waals surface area contributed by atoms with Crippen molar-refractivity contribution in [2.24, 2.45) is 4.99 Å². The van der Waals surface area contributed by atoms with Crippen LogP contribution in [0.3, 0.4) is 0 Å². The highest BCUT2D eigenvalue weighted by Crippen LogP contribution is 2.24. The standard InChI is InChI=1S/C19H28ClN3O3.HI/c1-3-21-19(22-12-14-6-7-15(20)11-17(14)24-2)23-8-10-26-18(13-23)16-5-4-9-25-16;/h6-7,11,16,18H,3-5,8-10,12-13H2,1-2H3,(H,21,22);1H. The van der Waals surface area contributed by atoms with Gasteiger partial charge in [0.25, 0.3) is 0 Å². The summed E-state index contributed by atoms with van der Waals surface area (Å²) in [7, 11) is 1.65. The zero-order chi connectivity index (χ0) is 18.4. The van der Waals surface area contributed by atoms with Gasteiger partial charge >= 0.3 is 0 Å². The molecule has 0 saturated carbocycles. The number of hydrogen-bond acceptors (Lipinski definition) is 4. The molecule has 27 heavy (non-hydrogen) atoms. The molecule has 1 aromatic rings. The molecule has 3 rings (SSSR count). The first-order valence-electron chi connectivity index (χ1n) is 9.30. The number of nitrogens with zero attached hydrogens (tertiary/aromatic N) is 2. The van der Waals surface area contributed by atoms with E-state index in [1.165, 1.54) is 0 Å². The molecule has 2 saturated heterocycles. The van der Waals surface area contributed by atoms with Gasteiger partial charge < -0.3 is 24.4 Å². The molecule has 2 aliphatic rings. The molecule has 0 aromatic heterocycles. The van der Waals surface area contributed by atoms with E-state index >= 15 is 0 Å². The minimum Gasteiger partial charge on any atom is -0.496 e. The highest BCUT2D eigenvalue weighted by Gasteiger charge is 2.32. The summed E-state index contributed by atoms with van der Waals surface area (Å²) < 4.78 is 17.2. The normalized spacial score (nSPS) is 23.1. The van der Waals surface area contributed by atoms with Crippen LogP contribution in [-0.2, 0) is 16.0 Å². The van der Waals surface area contributed by atoms with E-state index in [9.17, 15) is 0 Å². The summed E-state index contributed by atoms with van der Waals surface area (Å²) in [5.74, 6) is 1.66. The largest absolute Gasteiger partial charge is 0.496 e. The molecular formula is C19H29ClIN3O3. The van der Waals surface area contributed by atoms with E-state index in [0.717, 1.165) is 56.4 Å². The molecule has 0 bridgehead atoms. The Morgan fingerprint density at radius 3 is 2.85 bits per heavy atom. The Morgan fingerprint density at radius 2 is 2.15 bits per heavy atom. The van der Waals surface area contributed by atoms with Crippen molar-refractivity contribution in [2.45, 2.75) is 38.5 Å². The van der Waals surface area contributed by atoms with Gasteiger partial charge in [-0.3, -0.25) is 0 Å². The first-order chi connectivity index (χ1) is 12.7. The van der Waals surface area contributed by atoms with Crippen LogP contribution in [0.5, 0.6) is 5.75 Å². The minimum absolute atomic E-state index is 0. The Hall–Kier alpha value is -0.770. The van der Waals surface area contributed by atoms with Crippen molar-refractivity contribution in [1.29, 1.82) is 0 Å². The number of aliphatic imine (C=N–C) groups is 1. The van der Waals surface area contributed by atoms with Crippen LogP contribution in [0.25, 0.3) is 0 Å². The second kappa shape index (κ2) is 11.3. The summed E-state index contributed by atoms with van der Waals surface area (Å²) in [4.78, 5) is 7.08. The molecule has 152 valence electrons. The first-order valence-corrected chi connectivity index (χ1v) is 9.68. The average Bonchev–Trinajstić information content (AvgIpc) is 3.20. The van der Waals surface area contributed by atoms with E-state index in [1.807, 2.05) is 18.2 Å². The number of halogens is 2. The van der Waals surface area contributed by atoms with E-state index in [-0.39, 0.29) is 36.2 Å². The lowest BCUT2D eigenvalue weighted by molar-refractivity contribution is -0.0817. The maximum Gasteiger partial charge on any atom is 0.194 e. The fourth-order valence-electron chi connectivity index (χ4n) is 3.42. The quantitative estimate of drug-likeness (QED) is 0.375. The Labute approximate surface area is 183 Å². The summed E-state index contributed by atoms with van der Waals surface area (Å²) in [6, 6.07) is 5.65. The van der Waals surface area contributed by atoms with Gasteiger partial charge in [-0.1, -0.05) is 17.7 Å². The van der Waals surface area contributed by atoms with E-state index in [0.29, 0.717) is 18.2 Å². The van der Waals surface area contributed by atoms with Crippen molar-refractivity contribution < 1.29 is 14.2 Å². The number of rotatable bonds is 5. The summed E-state index contributed by atoms with van der Waals surface area (Å²) in [6.07, 6.45) is 2.51. The molecule has 1 aromatic carbocycles. The second-order valence-corrected chi connectivity index (χ2v) is 6.97. The van der Waals surface area contributed by atoms with Crippen LogP contribution in [0, 0.1) is 0 Å². The molecule has 0 radical (unpaired) electrons. The van der Waals surface area contributed by atoms with Crippen LogP contribution in [0.1, 0.15) is 25.3 Å². The number of ether oxygens (including phenoxy) is 3. The topological polar surface area (TPSA) is 55.3 Å². The van der Waals surface area contributed by atoms with Crippen LogP contribution < -0.4 is 10.1 Å². The van der Waals surface area contributed by atoms with Crippen LogP contribution in [-0.4, -0.2) is 63.0 Å². The van der Waals surface area contributed by atoms with Crippen LogP contribution >= 0.6 is 35.6 Å². The Morgan fingerprint density at radius 1 is 1.33 bits per heavy atom. The number of hydrogen-bond donors (Lipinski definition) is 1. The van der Waals surface area contributed by atoms with Gasteiger partial charge in [0.1, 0.15) is 11.9 Å². The molecule has 2 unspecified atom stereocenters. The molecule has 6 nitrogen and oxygen atoms in total. The van der Waals surface area contributed by atoms with Gasteiger partial charge in [-0.25, -0.2) is 4.99 Å². The summed E-state index contributed by atoms with van der Waals surface area (Å²) in [5, 5.41) is 4.06. The summed E-state index contributed by atoms with van der Waals surface area (Å²) >= 11 is 6.05. The zero-order valence-corrected chi connectivity index (χ0v) is 19.0. The molecule has 2 atom stereocenters. The predicted octanol–water partition coefficient (Wildman–Crippen LogP) is 3.31. The van der Waals surface area contributed by atoms with Crippen molar-refractivity contribution in [1.82, 2.24) is 10.2 Å². The molecule has 2 fully saturated rings. The summed E-state index contributed by atoms with van der Waals surface area (Å²) in [5.41, 5.74) is 1.01. The van der Waals surface area contributed by atoms with E-state index < -0.39 is 0 Å². The lowest BCUT2D eigenvalue weighted by Gasteiger charge is -2.37. The predicted molar refractivity (Wildman–Crippen MR) is 119 cm³/mol. The molecule has 0 spiro atoms. The zero-order valence-electron chi connectivity index (χ0n) is 15.9. The van der Waals surface area contributed by atoms with Crippen molar-refractivity contribution >= 4 is 41.5 Å². The fraction of sp³-hybridized carbons (Fsp3) is 0.632. The molecule has 0 aliphatic carbocycles. The Kier molecular flexibility index (Phi) is 9.41. The number of methoxy groups -OCH3 is 1. The van der Waals surface area contributed by atoms with E-state index in [4.69, 9.17) is 30.8 Å². The third-order valence-corrected chi connectivity index (χ3v) is 4.99. The monoisotopic (exact) mass is 509 g/mol. The molecule has 8 heteroatoms. The van der Waals surface area contributed by atoms with Crippen molar-refractivity contribution in [2.75, 3.05) is 40.0 Å². The van der Waals surface area contributed by atoms with Gasteiger partial charge in [0.05, 0.1) is 26.4 Å². The number of nitrogens with one attached hydrogen (secondary N) is 1. The van der Waals surface area contributed by atoms with Crippen LogP contribution in [0.2, 0.25) is 5.02 Å². The van der Waals surface area contributed by atoms with Gasteiger partial charge in [0, 0.05) is 36.8 Å². The lowest BCUT2D eigenvalue weighted by Crippen LogP contribution is -2.53. The lowest BCUT2D eigenvalue weighted by atomic mass is 10.1. The fourth-order valence-corrected chi connectivity index (χ4v) is 3.59. The third-order valence-electron chi connectivity index (χ3n) is 4.76. The van der Waals surface area contributed by atoms with Gasteiger partial charge in [-0.2, -0.15) is 0 Å². The molecule has 1 N–H and O–H groups in total. The highest BCUT2D eigenvalue weighted by molar-refractivity contribution is 14.0. The van der Waals surface area contributed by atoms with Gasteiger partial charge in [0.15, 0.2) is 5.96 Å². The van der Waals surface area contributed by atoms with Crippen molar-refractivity contribution in [3.8, 4) is 5.75 Å². The molecule has 2 aliphatic heterocycles. The molecule has 0 amide bonds. The van der Waals surface area contributed by atoms with E-state index in [2.05, 4.69) is 17.1 Å². The Balaban J connectivity index is 0.00000261. The smallest absolute Gasteiger partial charge is 0.194 e. The first kappa shape index (κ1) is 22.5. The Bertz CT molecular complexity index is 626. The SMILES string of the molecule is CCNC(=NCc1ccc(Cl)cc1OC)N1CCOC(C2CCCO2)C1.I. The average molecular weight is 510 g/mol. The third kappa shape index (κ3) is 6.10. The highest BCUT2D eigenvalue weighted by atomic mass is 127. The maximum absolute atomic E-state index is 6.05. The van der Waals surface area contributed by atoms with Gasteiger partial charge in [0.2, 0.25) is 0 Å². The number of benzene rings is 1. The molecule has 2 heterocycles. The van der Waals surface area contributed by atoms with Gasteiger partial charge in [-0.15, -0.1) is 24.0 Å². The van der Waals surface area contributed by atoms with Gasteiger partial charge in [-0.05, 0) is 31.9 Å². The van der Waals surface area contributed by atoms with Crippen LogP contribution in [0.15, 0.2) is 23.2 Å². The van der Waals surface area contributed by atoms with Crippen molar-refractivity contribution in [3.63, 3.8) is 0 Å². The minimum atomic E-state index is 0.